The summed E-state index contributed by atoms with van der Waals surface area (Å²) in [7, 11) is 0. The molecule has 0 radical (unpaired) electrons. The number of carbonyl (C=O) groups is 2. The van der Waals surface area contributed by atoms with Gasteiger partial charge in [0.05, 0.1) is 5.60 Å². The van der Waals surface area contributed by atoms with E-state index in [1.54, 1.807) is 31.1 Å². The molecule has 202 valence electrons. The summed E-state index contributed by atoms with van der Waals surface area (Å²) in [6, 6.07) is 0. The number of Topliss-reactive ketones (excluding diaryl/α,β-unsaturated/α-hetero) is 1. The van der Waals surface area contributed by atoms with E-state index < -0.39 is 5.60 Å². The van der Waals surface area contributed by atoms with Crippen molar-refractivity contribution in [3.8, 4) is 0 Å². The smallest absolute Gasteiger partial charge is 0.303 e. The van der Waals surface area contributed by atoms with Crippen LogP contribution in [0.2, 0.25) is 0 Å². The first-order chi connectivity index (χ1) is 16.5. The van der Waals surface area contributed by atoms with Gasteiger partial charge in [-0.1, -0.05) is 58.8 Å². The maximum atomic E-state index is 12.9. The Bertz CT molecular complexity index is 981. The minimum Gasteiger partial charge on any atom is -0.458 e. The molecule has 2 saturated carbocycles. The lowest BCUT2D eigenvalue weighted by atomic mass is 9.43. The Hall–Kier alpha value is -1.42. The molecule has 1 unspecified atom stereocenters. The molecule has 0 amide bonds. The van der Waals surface area contributed by atoms with Crippen LogP contribution in [0.3, 0.4) is 0 Å². The van der Waals surface area contributed by atoms with Gasteiger partial charge in [-0.2, -0.15) is 0 Å². The SMILES string of the molecule is CC(=O)O[C@H](/C=C/C(C)(C)O)[C@@H](C)[C@H]1CC[C@@]2(C)C3=C(CC[C@]12C)[C@@]1(C)CCC(=O)C(C)(C)C1CC3. The summed E-state index contributed by atoms with van der Waals surface area (Å²) in [6.45, 7) is 19.1. The summed E-state index contributed by atoms with van der Waals surface area (Å²) in [5.41, 5.74) is 2.62. The second kappa shape index (κ2) is 8.82. The van der Waals surface area contributed by atoms with Gasteiger partial charge in [-0.15, -0.1) is 0 Å². The number of hydrogen-bond donors (Lipinski definition) is 1. The van der Waals surface area contributed by atoms with Crippen LogP contribution in [0.5, 0.6) is 0 Å². The van der Waals surface area contributed by atoms with E-state index in [0.717, 1.165) is 38.5 Å². The molecule has 36 heavy (non-hydrogen) atoms. The number of hydrogen-bond acceptors (Lipinski definition) is 4. The number of ether oxygens (including phenoxy) is 1. The average Bonchev–Trinajstić information content (AvgIpc) is 3.04. The molecule has 4 aliphatic rings. The highest BCUT2D eigenvalue weighted by Gasteiger charge is 2.63. The lowest BCUT2D eigenvalue weighted by Gasteiger charge is -2.61. The number of rotatable bonds is 5. The number of esters is 1. The molecular weight excluding hydrogens is 448 g/mol. The monoisotopic (exact) mass is 498 g/mol. The molecule has 0 heterocycles. The van der Waals surface area contributed by atoms with Crippen molar-refractivity contribution in [2.24, 2.45) is 39.4 Å². The second-order valence-corrected chi connectivity index (χ2v) is 14.5. The topological polar surface area (TPSA) is 63.6 Å². The van der Waals surface area contributed by atoms with Crippen LogP contribution in [0.1, 0.15) is 114 Å². The summed E-state index contributed by atoms with van der Waals surface area (Å²) in [5.74, 6) is 1.22. The normalized spacial score (nSPS) is 39.9. The van der Waals surface area contributed by atoms with E-state index >= 15 is 0 Å². The van der Waals surface area contributed by atoms with Crippen LogP contribution < -0.4 is 0 Å². The molecule has 0 bridgehead atoms. The Balaban J connectivity index is 1.69. The van der Waals surface area contributed by atoms with Crippen molar-refractivity contribution < 1.29 is 19.4 Å². The van der Waals surface area contributed by atoms with Crippen LogP contribution in [-0.4, -0.2) is 28.6 Å². The molecule has 4 rings (SSSR count). The van der Waals surface area contributed by atoms with Gasteiger partial charge in [0.15, 0.2) is 0 Å². The van der Waals surface area contributed by atoms with E-state index in [4.69, 9.17) is 4.74 Å². The third-order valence-electron chi connectivity index (χ3n) is 11.7. The first kappa shape index (κ1) is 27.6. The maximum Gasteiger partial charge on any atom is 0.303 e. The molecule has 0 aliphatic heterocycles. The zero-order chi connectivity index (χ0) is 26.9. The number of aliphatic hydroxyl groups is 1. The third-order valence-corrected chi connectivity index (χ3v) is 11.7. The van der Waals surface area contributed by atoms with Crippen LogP contribution in [0, 0.1) is 39.4 Å². The summed E-state index contributed by atoms with van der Waals surface area (Å²) in [4.78, 5) is 24.9. The minimum atomic E-state index is -0.944. The van der Waals surface area contributed by atoms with Gasteiger partial charge in [-0.3, -0.25) is 9.59 Å². The van der Waals surface area contributed by atoms with Gasteiger partial charge in [-0.25, -0.2) is 0 Å². The highest BCUT2D eigenvalue weighted by Crippen LogP contribution is 2.72. The van der Waals surface area contributed by atoms with Crippen molar-refractivity contribution in [3.63, 3.8) is 0 Å². The van der Waals surface area contributed by atoms with Gasteiger partial charge in [0.2, 0.25) is 0 Å². The van der Waals surface area contributed by atoms with E-state index in [1.165, 1.54) is 13.3 Å². The van der Waals surface area contributed by atoms with E-state index in [0.29, 0.717) is 24.0 Å². The number of allylic oxidation sites excluding steroid dienone is 2. The minimum absolute atomic E-state index is 0.134. The second-order valence-electron chi connectivity index (χ2n) is 14.5. The van der Waals surface area contributed by atoms with Crippen molar-refractivity contribution in [1.82, 2.24) is 0 Å². The highest BCUT2D eigenvalue weighted by atomic mass is 16.5. The third kappa shape index (κ3) is 4.14. The van der Waals surface area contributed by atoms with Crippen molar-refractivity contribution in [2.75, 3.05) is 0 Å². The van der Waals surface area contributed by atoms with Gasteiger partial charge in [-0.05, 0) is 93.0 Å². The summed E-state index contributed by atoms with van der Waals surface area (Å²) < 4.78 is 5.82. The average molecular weight is 499 g/mol. The molecule has 1 N–H and O–H groups in total. The van der Waals surface area contributed by atoms with Crippen molar-refractivity contribution in [3.05, 3.63) is 23.3 Å². The molecule has 0 aromatic carbocycles. The lowest BCUT2D eigenvalue weighted by molar-refractivity contribution is -0.148. The Kier molecular flexibility index (Phi) is 6.76. The largest absolute Gasteiger partial charge is 0.458 e. The predicted octanol–water partition coefficient (Wildman–Crippen LogP) is 7.20. The molecule has 2 fully saturated rings. The van der Waals surface area contributed by atoms with Crippen LogP contribution in [0.15, 0.2) is 23.3 Å². The van der Waals surface area contributed by atoms with Crippen LogP contribution >= 0.6 is 0 Å². The summed E-state index contributed by atoms with van der Waals surface area (Å²) in [6.07, 6.45) is 11.8. The molecule has 4 aliphatic carbocycles. The quantitative estimate of drug-likeness (QED) is 0.321. The predicted molar refractivity (Wildman–Crippen MR) is 144 cm³/mol. The van der Waals surface area contributed by atoms with Crippen LogP contribution in [0.4, 0.5) is 0 Å². The van der Waals surface area contributed by atoms with Gasteiger partial charge in [0.25, 0.3) is 0 Å². The summed E-state index contributed by atoms with van der Waals surface area (Å²) in [5, 5.41) is 10.3. The zero-order valence-corrected chi connectivity index (χ0v) is 24.3. The highest BCUT2D eigenvalue weighted by molar-refractivity contribution is 5.85. The maximum absolute atomic E-state index is 12.9. The van der Waals surface area contributed by atoms with Crippen molar-refractivity contribution >= 4 is 11.8 Å². The molecule has 7 atom stereocenters. The van der Waals surface area contributed by atoms with E-state index in [-0.39, 0.29) is 39.7 Å². The lowest BCUT2D eigenvalue weighted by Crippen LogP contribution is -2.54. The Morgan fingerprint density at radius 1 is 1.03 bits per heavy atom. The van der Waals surface area contributed by atoms with Crippen LogP contribution in [-0.2, 0) is 14.3 Å². The number of carbonyl (C=O) groups excluding carboxylic acids is 2. The fourth-order valence-corrected chi connectivity index (χ4v) is 9.45. The van der Waals surface area contributed by atoms with Gasteiger partial charge >= 0.3 is 5.97 Å². The molecule has 0 saturated heterocycles. The fraction of sp³-hybridized carbons (Fsp3) is 0.812. The molecular formula is C32H50O4. The Labute approximate surface area is 219 Å². The van der Waals surface area contributed by atoms with Gasteiger partial charge in [0.1, 0.15) is 11.9 Å². The molecule has 0 aromatic rings. The Morgan fingerprint density at radius 2 is 1.69 bits per heavy atom. The van der Waals surface area contributed by atoms with E-state index in [1.807, 2.05) is 6.08 Å². The van der Waals surface area contributed by atoms with Crippen molar-refractivity contribution in [2.45, 2.75) is 125 Å². The van der Waals surface area contributed by atoms with E-state index in [2.05, 4.69) is 41.5 Å². The molecule has 0 spiro atoms. The van der Waals surface area contributed by atoms with Crippen LogP contribution in [0.25, 0.3) is 0 Å². The number of ketones is 1. The zero-order valence-electron chi connectivity index (χ0n) is 24.3. The van der Waals surface area contributed by atoms with Gasteiger partial charge < -0.3 is 9.84 Å². The molecule has 4 heteroatoms. The fourth-order valence-electron chi connectivity index (χ4n) is 9.45. The van der Waals surface area contributed by atoms with E-state index in [9.17, 15) is 14.7 Å². The standard InChI is InChI=1S/C32H50O4/c1-20(25(36-21(2)33)14-16-28(3,4)35)22-12-18-32(9)24-10-11-26-29(5,6)27(34)15-17-30(26,7)23(24)13-19-31(22,32)8/h14,16,20,22,25-26,35H,10-13,15,17-19H2,1-9H3/b16-14+/t20-,22+,25+,26?,30+,31+,32-/m0/s1. The Morgan fingerprint density at radius 3 is 2.31 bits per heavy atom. The number of fused-ring (bicyclic) bond motifs is 4. The summed E-state index contributed by atoms with van der Waals surface area (Å²) >= 11 is 0. The first-order valence-corrected chi connectivity index (χ1v) is 14.3. The van der Waals surface area contributed by atoms with Crippen molar-refractivity contribution in [1.29, 1.82) is 0 Å². The molecule has 4 nitrogen and oxygen atoms in total. The molecule has 0 aromatic heterocycles. The first-order valence-electron chi connectivity index (χ1n) is 14.3. The van der Waals surface area contributed by atoms with Gasteiger partial charge in [0, 0.05) is 24.7 Å².